The maximum atomic E-state index is 12.4. The molecular weight excluding hydrogens is 358 g/mol. The van der Waals surface area contributed by atoms with Crippen molar-refractivity contribution in [3.63, 3.8) is 0 Å². The molecule has 0 aliphatic carbocycles. The van der Waals surface area contributed by atoms with E-state index >= 15 is 0 Å². The second-order valence-corrected chi connectivity index (χ2v) is 8.55. The number of esters is 1. The molecular formula is C17H23N3O5S. The first kappa shape index (κ1) is 18.7. The molecule has 0 spiro atoms. The van der Waals surface area contributed by atoms with Gasteiger partial charge in [0.15, 0.2) is 0 Å². The van der Waals surface area contributed by atoms with Crippen LogP contribution in [-0.4, -0.2) is 70.7 Å². The number of carbonyl (C=O) groups excluding carboxylic acids is 2. The highest BCUT2D eigenvalue weighted by molar-refractivity contribution is 7.88. The smallest absolute Gasteiger partial charge is 0.311 e. The molecule has 2 aliphatic heterocycles. The average Bonchev–Trinajstić information content (AvgIpc) is 3.02. The van der Waals surface area contributed by atoms with Crippen molar-refractivity contribution < 1.29 is 22.7 Å². The summed E-state index contributed by atoms with van der Waals surface area (Å²) in [6.07, 6.45) is 1.36. The van der Waals surface area contributed by atoms with E-state index in [4.69, 9.17) is 4.74 Å². The molecule has 8 nitrogen and oxygen atoms in total. The number of nitrogens with zero attached hydrogens (tertiary/aromatic N) is 3. The van der Waals surface area contributed by atoms with E-state index in [0.29, 0.717) is 32.7 Å². The van der Waals surface area contributed by atoms with Gasteiger partial charge in [-0.25, -0.2) is 8.42 Å². The molecule has 0 unspecified atom stereocenters. The summed E-state index contributed by atoms with van der Waals surface area (Å²) in [6, 6.07) is 7.52. The van der Waals surface area contributed by atoms with E-state index < -0.39 is 15.9 Å². The molecule has 9 heteroatoms. The molecule has 0 saturated carbocycles. The number of piperazine rings is 1. The first-order valence-corrected chi connectivity index (χ1v) is 10.3. The van der Waals surface area contributed by atoms with Crippen molar-refractivity contribution in [2.24, 2.45) is 5.92 Å². The molecule has 1 amide bonds. The number of benzene rings is 1. The summed E-state index contributed by atoms with van der Waals surface area (Å²) in [5.74, 6) is -0.939. The van der Waals surface area contributed by atoms with E-state index in [-0.39, 0.29) is 18.3 Å². The van der Waals surface area contributed by atoms with Crippen LogP contribution in [0.1, 0.15) is 6.42 Å². The summed E-state index contributed by atoms with van der Waals surface area (Å²) >= 11 is 0. The standard InChI is InChI=1S/C17H23N3O5S/c1-25-17(22)13-11-16(21)20(12-13)15-6-4-3-5-14(15)18-7-9-19(10-8-18)26(2,23)24/h3-6,13H,7-12H2,1-2H3/t13-/m1/s1. The van der Waals surface area contributed by atoms with Crippen LogP contribution in [-0.2, 0) is 24.3 Å². The van der Waals surface area contributed by atoms with Crippen molar-refractivity contribution in [1.29, 1.82) is 0 Å². The summed E-state index contributed by atoms with van der Waals surface area (Å²) < 4.78 is 29.6. The van der Waals surface area contributed by atoms with E-state index in [1.165, 1.54) is 17.7 Å². The summed E-state index contributed by atoms with van der Waals surface area (Å²) in [4.78, 5) is 27.9. The lowest BCUT2D eigenvalue weighted by Gasteiger charge is -2.36. The fourth-order valence-electron chi connectivity index (χ4n) is 3.49. The van der Waals surface area contributed by atoms with Gasteiger partial charge in [0.2, 0.25) is 15.9 Å². The Balaban J connectivity index is 1.80. The fraction of sp³-hybridized carbons (Fsp3) is 0.529. The van der Waals surface area contributed by atoms with Crippen molar-refractivity contribution in [2.75, 3.05) is 55.9 Å². The Morgan fingerprint density at radius 3 is 2.31 bits per heavy atom. The topological polar surface area (TPSA) is 87.2 Å². The zero-order chi connectivity index (χ0) is 18.9. The van der Waals surface area contributed by atoms with Gasteiger partial charge in [-0.2, -0.15) is 4.31 Å². The summed E-state index contributed by atoms with van der Waals surface area (Å²) in [5, 5.41) is 0. The number of methoxy groups -OCH3 is 1. The van der Waals surface area contributed by atoms with E-state index in [0.717, 1.165) is 11.4 Å². The van der Waals surface area contributed by atoms with Crippen LogP contribution in [0, 0.1) is 5.92 Å². The van der Waals surface area contributed by atoms with E-state index in [1.807, 2.05) is 24.3 Å². The molecule has 2 saturated heterocycles. The first-order chi connectivity index (χ1) is 12.3. The SMILES string of the molecule is COC(=O)[C@@H]1CC(=O)N(c2ccccc2N2CCN(S(C)(=O)=O)CC2)C1. The van der Waals surface area contributed by atoms with E-state index in [9.17, 15) is 18.0 Å². The molecule has 2 aliphatic rings. The van der Waals surface area contributed by atoms with Gasteiger partial charge in [-0.3, -0.25) is 9.59 Å². The van der Waals surface area contributed by atoms with Crippen molar-refractivity contribution in [3.8, 4) is 0 Å². The van der Waals surface area contributed by atoms with E-state index in [2.05, 4.69) is 4.90 Å². The first-order valence-electron chi connectivity index (χ1n) is 8.48. The number of para-hydroxylation sites is 2. The van der Waals surface area contributed by atoms with Gasteiger partial charge < -0.3 is 14.5 Å². The van der Waals surface area contributed by atoms with Crippen LogP contribution in [0.5, 0.6) is 0 Å². The summed E-state index contributed by atoms with van der Waals surface area (Å²) in [5.41, 5.74) is 1.62. The van der Waals surface area contributed by atoms with Gasteiger partial charge in [0.1, 0.15) is 0 Å². The van der Waals surface area contributed by atoms with Crippen LogP contribution in [0.3, 0.4) is 0 Å². The highest BCUT2D eigenvalue weighted by Crippen LogP contribution is 2.34. The third kappa shape index (κ3) is 3.68. The Bertz CT molecular complexity index is 802. The molecule has 26 heavy (non-hydrogen) atoms. The number of hydrogen-bond donors (Lipinski definition) is 0. The average molecular weight is 381 g/mol. The van der Waals surface area contributed by atoms with Gasteiger partial charge in [0, 0.05) is 39.1 Å². The molecule has 2 fully saturated rings. The Hall–Kier alpha value is -2.13. The lowest BCUT2D eigenvalue weighted by atomic mass is 10.1. The van der Waals surface area contributed by atoms with Crippen LogP contribution in [0.4, 0.5) is 11.4 Å². The van der Waals surface area contributed by atoms with Gasteiger partial charge in [-0.1, -0.05) is 12.1 Å². The maximum absolute atomic E-state index is 12.4. The number of rotatable bonds is 4. The van der Waals surface area contributed by atoms with Crippen LogP contribution in [0.2, 0.25) is 0 Å². The molecule has 3 rings (SSSR count). The second-order valence-electron chi connectivity index (χ2n) is 6.57. The number of ether oxygens (including phenoxy) is 1. The third-order valence-corrected chi connectivity index (χ3v) is 6.18. The van der Waals surface area contributed by atoms with Gasteiger partial charge in [-0.15, -0.1) is 0 Å². The van der Waals surface area contributed by atoms with Crippen LogP contribution < -0.4 is 9.80 Å². The van der Waals surface area contributed by atoms with Crippen LogP contribution >= 0.6 is 0 Å². The van der Waals surface area contributed by atoms with Crippen LogP contribution in [0.25, 0.3) is 0 Å². The van der Waals surface area contributed by atoms with Gasteiger partial charge in [-0.05, 0) is 12.1 Å². The normalized spacial score (nSPS) is 21.9. The van der Waals surface area contributed by atoms with Crippen molar-refractivity contribution in [2.45, 2.75) is 6.42 Å². The molecule has 0 radical (unpaired) electrons. The Morgan fingerprint density at radius 1 is 1.12 bits per heavy atom. The monoisotopic (exact) mass is 381 g/mol. The van der Waals surface area contributed by atoms with Gasteiger partial charge in [0.25, 0.3) is 0 Å². The number of amides is 1. The van der Waals surface area contributed by atoms with Crippen molar-refractivity contribution in [1.82, 2.24) is 4.31 Å². The Morgan fingerprint density at radius 2 is 1.73 bits per heavy atom. The quantitative estimate of drug-likeness (QED) is 0.697. The Kier molecular flexibility index (Phi) is 5.19. The third-order valence-electron chi connectivity index (χ3n) is 4.88. The highest BCUT2D eigenvalue weighted by Gasteiger charge is 2.37. The van der Waals surface area contributed by atoms with Gasteiger partial charge >= 0.3 is 5.97 Å². The molecule has 0 N–H and O–H groups in total. The molecule has 1 atom stereocenters. The zero-order valence-corrected chi connectivity index (χ0v) is 15.7. The predicted octanol–water partition coefficient (Wildman–Crippen LogP) is 0.294. The fourth-order valence-corrected chi connectivity index (χ4v) is 4.31. The second kappa shape index (κ2) is 7.24. The highest BCUT2D eigenvalue weighted by atomic mass is 32.2. The molecule has 0 aromatic heterocycles. The lowest BCUT2D eigenvalue weighted by Crippen LogP contribution is -2.48. The molecule has 0 bridgehead atoms. The minimum absolute atomic E-state index is 0.109. The Labute approximate surface area is 153 Å². The van der Waals surface area contributed by atoms with Gasteiger partial charge in [0.05, 0.1) is 30.7 Å². The lowest BCUT2D eigenvalue weighted by molar-refractivity contribution is -0.145. The van der Waals surface area contributed by atoms with Crippen molar-refractivity contribution >= 4 is 33.3 Å². The zero-order valence-electron chi connectivity index (χ0n) is 14.9. The number of sulfonamides is 1. The number of hydrogen-bond acceptors (Lipinski definition) is 6. The predicted molar refractivity (Wildman–Crippen MR) is 97.5 cm³/mol. The van der Waals surface area contributed by atoms with Crippen LogP contribution in [0.15, 0.2) is 24.3 Å². The largest absolute Gasteiger partial charge is 0.469 e. The summed E-state index contributed by atoms with van der Waals surface area (Å²) in [6.45, 7) is 2.21. The molecule has 1 aromatic carbocycles. The molecule has 1 aromatic rings. The number of anilines is 2. The molecule has 2 heterocycles. The summed E-state index contributed by atoms with van der Waals surface area (Å²) in [7, 11) is -1.87. The van der Waals surface area contributed by atoms with E-state index in [1.54, 1.807) is 4.90 Å². The van der Waals surface area contributed by atoms with Crippen molar-refractivity contribution in [3.05, 3.63) is 24.3 Å². The minimum Gasteiger partial charge on any atom is -0.469 e. The molecule has 142 valence electrons. The maximum Gasteiger partial charge on any atom is 0.311 e. The number of carbonyl (C=O) groups is 2. The minimum atomic E-state index is -3.20.